The van der Waals surface area contributed by atoms with Crippen molar-refractivity contribution >= 4 is 17.5 Å². The molecule has 2 aromatic rings. The second-order valence-electron chi connectivity index (χ2n) is 4.88. The lowest BCUT2D eigenvalue weighted by atomic mass is 10.2. The van der Waals surface area contributed by atoms with Crippen LogP contribution in [-0.2, 0) is 6.54 Å². The third-order valence-electron chi connectivity index (χ3n) is 3.32. The van der Waals surface area contributed by atoms with Crippen molar-refractivity contribution in [2.45, 2.75) is 25.4 Å². The van der Waals surface area contributed by atoms with Crippen LogP contribution in [0.25, 0.3) is 0 Å². The van der Waals surface area contributed by atoms with E-state index in [4.69, 9.17) is 11.6 Å². The molecular weight excluding hydrogens is 260 g/mol. The lowest BCUT2D eigenvalue weighted by Gasteiger charge is -2.22. The van der Waals surface area contributed by atoms with Gasteiger partial charge in [-0.3, -0.25) is 4.79 Å². The Morgan fingerprint density at radius 1 is 1.32 bits per heavy atom. The van der Waals surface area contributed by atoms with Crippen molar-refractivity contribution < 1.29 is 4.79 Å². The molecule has 0 unspecified atom stereocenters. The topological polar surface area (TPSA) is 36.1 Å². The summed E-state index contributed by atoms with van der Waals surface area (Å²) in [6, 6.07) is 12.1. The molecule has 1 saturated carbocycles. The van der Waals surface area contributed by atoms with Gasteiger partial charge >= 0.3 is 0 Å². The summed E-state index contributed by atoms with van der Waals surface area (Å²) < 4.78 is 0. The summed E-state index contributed by atoms with van der Waals surface area (Å²) in [6.07, 6.45) is 3.82. The fourth-order valence-corrected chi connectivity index (χ4v) is 2.34. The minimum absolute atomic E-state index is 0.0262. The summed E-state index contributed by atoms with van der Waals surface area (Å²) in [6.45, 7) is 0.654. The lowest BCUT2D eigenvalue weighted by molar-refractivity contribution is 0.0724. The van der Waals surface area contributed by atoms with Crippen LogP contribution in [0.15, 0.2) is 42.6 Å². The molecule has 1 aromatic heterocycles. The first-order chi connectivity index (χ1) is 9.24. The van der Waals surface area contributed by atoms with E-state index in [1.54, 1.807) is 12.3 Å². The normalized spacial score (nSPS) is 14.4. The highest BCUT2D eigenvalue weighted by Gasteiger charge is 2.33. The first kappa shape index (κ1) is 12.3. The van der Waals surface area contributed by atoms with Gasteiger partial charge in [-0.15, -0.1) is 0 Å². The van der Waals surface area contributed by atoms with Crippen molar-refractivity contribution in [3.8, 4) is 0 Å². The van der Waals surface area contributed by atoms with Gasteiger partial charge in [-0.05, 0) is 24.5 Å². The summed E-state index contributed by atoms with van der Waals surface area (Å²) in [4.78, 5) is 17.3. The Kier molecular flexibility index (Phi) is 3.30. The van der Waals surface area contributed by atoms with Gasteiger partial charge in [-0.1, -0.05) is 41.9 Å². The molecule has 0 aliphatic heterocycles. The number of benzene rings is 1. The molecule has 3 rings (SSSR count). The van der Waals surface area contributed by atoms with Crippen LogP contribution in [-0.4, -0.2) is 21.8 Å². The second-order valence-corrected chi connectivity index (χ2v) is 5.32. The van der Waals surface area contributed by atoms with Gasteiger partial charge in [0.1, 0.15) is 5.69 Å². The summed E-state index contributed by atoms with van der Waals surface area (Å²) in [5.41, 5.74) is 1.72. The SMILES string of the molecule is O=C(c1cc(Cl)c[nH]1)N(Cc1ccccc1)C1CC1. The van der Waals surface area contributed by atoms with E-state index in [0.717, 1.165) is 18.4 Å². The van der Waals surface area contributed by atoms with Crippen LogP contribution in [0.2, 0.25) is 5.02 Å². The van der Waals surface area contributed by atoms with E-state index in [0.29, 0.717) is 23.3 Å². The molecule has 3 nitrogen and oxygen atoms in total. The lowest BCUT2D eigenvalue weighted by Crippen LogP contribution is -2.32. The molecule has 1 fully saturated rings. The molecule has 0 radical (unpaired) electrons. The maximum atomic E-state index is 12.5. The first-order valence-corrected chi connectivity index (χ1v) is 6.80. The molecule has 1 N–H and O–H groups in total. The summed E-state index contributed by atoms with van der Waals surface area (Å²) in [5, 5.41) is 0.568. The van der Waals surface area contributed by atoms with Gasteiger partial charge in [0.15, 0.2) is 0 Å². The smallest absolute Gasteiger partial charge is 0.270 e. The number of aromatic nitrogens is 1. The molecule has 1 amide bonds. The fourth-order valence-electron chi connectivity index (χ4n) is 2.18. The maximum Gasteiger partial charge on any atom is 0.270 e. The number of carbonyl (C=O) groups is 1. The third-order valence-corrected chi connectivity index (χ3v) is 3.54. The van der Waals surface area contributed by atoms with Crippen LogP contribution in [0.4, 0.5) is 0 Å². The number of nitrogens with zero attached hydrogens (tertiary/aromatic N) is 1. The van der Waals surface area contributed by atoms with Gasteiger partial charge < -0.3 is 9.88 Å². The number of hydrogen-bond donors (Lipinski definition) is 1. The van der Waals surface area contributed by atoms with Gasteiger partial charge in [-0.2, -0.15) is 0 Å². The zero-order chi connectivity index (χ0) is 13.2. The van der Waals surface area contributed by atoms with Crippen LogP contribution in [0.3, 0.4) is 0 Å². The summed E-state index contributed by atoms with van der Waals surface area (Å²) >= 11 is 5.86. The molecule has 4 heteroatoms. The van der Waals surface area contributed by atoms with Gasteiger partial charge in [-0.25, -0.2) is 0 Å². The highest BCUT2D eigenvalue weighted by atomic mass is 35.5. The van der Waals surface area contributed by atoms with Crippen LogP contribution in [0.1, 0.15) is 28.9 Å². The van der Waals surface area contributed by atoms with Crippen LogP contribution in [0, 0.1) is 0 Å². The Balaban J connectivity index is 1.79. The van der Waals surface area contributed by atoms with Crippen molar-refractivity contribution in [2.75, 3.05) is 0 Å². The summed E-state index contributed by atoms with van der Waals surface area (Å²) in [5.74, 6) is 0.0262. The number of H-pyrrole nitrogens is 1. The number of amides is 1. The van der Waals surface area contributed by atoms with Crippen molar-refractivity contribution in [1.82, 2.24) is 9.88 Å². The zero-order valence-corrected chi connectivity index (χ0v) is 11.2. The molecule has 0 atom stereocenters. The molecule has 1 aliphatic carbocycles. The van der Waals surface area contributed by atoms with E-state index in [9.17, 15) is 4.79 Å². The molecular formula is C15H15ClN2O. The molecule has 1 heterocycles. The minimum atomic E-state index is 0.0262. The Bertz CT molecular complexity index is 575. The van der Waals surface area contributed by atoms with E-state index < -0.39 is 0 Å². The fraction of sp³-hybridized carbons (Fsp3) is 0.267. The molecule has 0 bridgehead atoms. The number of aromatic amines is 1. The van der Waals surface area contributed by atoms with Crippen molar-refractivity contribution in [3.63, 3.8) is 0 Å². The number of nitrogens with one attached hydrogen (secondary N) is 1. The van der Waals surface area contributed by atoms with E-state index in [2.05, 4.69) is 4.98 Å². The van der Waals surface area contributed by atoms with Crippen LogP contribution >= 0.6 is 11.6 Å². The monoisotopic (exact) mass is 274 g/mol. The molecule has 19 heavy (non-hydrogen) atoms. The highest BCUT2D eigenvalue weighted by Crippen LogP contribution is 2.30. The molecule has 1 aliphatic rings. The van der Waals surface area contributed by atoms with Gasteiger partial charge in [0.25, 0.3) is 5.91 Å². The Morgan fingerprint density at radius 3 is 2.63 bits per heavy atom. The average Bonchev–Trinajstić information content (AvgIpc) is 3.18. The standard InChI is InChI=1S/C15H15ClN2O/c16-12-8-14(17-9-12)15(19)18(13-6-7-13)10-11-4-2-1-3-5-11/h1-5,8-9,13,17H,6-7,10H2. The van der Waals surface area contributed by atoms with Crippen LogP contribution < -0.4 is 0 Å². The van der Waals surface area contributed by atoms with Crippen LogP contribution in [0.5, 0.6) is 0 Å². The Morgan fingerprint density at radius 2 is 2.05 bits per heavy atom. The maximum absolute atomic E-state index is 12.5. The quantitative estimate of drug-likeness (QED) is 0.910. The van der Waals surface area contributed by atoms with Crippen molar-refractivity contribution in [3.05, 3.63) is 58.9 Å². The predicted molar refractivity (Wildman–Crippen MR) is 75.1 cm³/mol. The predicted octanol–water partition coefficient (Wildman–Crippen LogP) is 3.47. The Labute approximate surface area is 117 Å². The van der Waals surface area contributed by atoms with Crippen molar-refractivity contribution in [1.29, 1.82) is 0 Å². The molecule has 1 aromatic carbocycles. The van der Waals surface area contributed by atoms with E-state index in [1.807, 2.05) is 35.2 Å². The van der Waals surface area contributed by atoms with Gasteiger partial charge in [0.05, 0.1) is 5.02 Å². The molecule has 98 valence electrons. The Hall–Kier alpha value is -1.74. The van der Waals surface area contributed by atoms with E-state index in [1.165, 1.54) is 0 Å². The summed E-state index contributed by atoms with van der Waals surface area (Å²) in [7, 11) is 0. The van der Waals surface area contributed by atoms with Gasteiger partial charge in [0.2, 0.25) is 0 Å². The first-order valence-electron chi connectivity index (χ1n) is 6.43. The second kappa shape index (κ2) is 5.10. The zero-order valence-electron chi connectivity index (χ0n) is 10.5. The molecule has 0 saturated heterocycles. The van der Waals surface area contributed by atoms with Crippen molar-refractivity contribution in [2.24, 2.45) is 0 Å². The average molecular weight is 275 g/mol. The number of hydrogen-bond acceptors (Lipinski definition) is 1. The third kappa shape index (κ3) is 2.82. The highest BCUT2D eigenvalue weighted by molar-refractivity contribution is 6.30. The number of carbonyl (C=O) groups excluding carboxylic acids is 1. The molecule has 0 spiro atoms. The minimum Gasteiger partial charge on any atom is -0.356 e. The van der Waals surface area contributed by atoms with Gasteiger partial charge in [0, 0.05) is 18.8 Å². The largest absolute Gasteiger partial charge is 0.356 e. The van der Waals surface area contributed by atoms with E-state index in [-0.39, 0.29) is 5.91 Å². The number of halogens is 1. The number of rotatable bonds is 4. The van der Waals surface area contributed by atoms with E-state index >= 15 is 0 Å².